The van der Waals surface area contributed by atoms with Gasteiger partial charge in [0.1, 0.15) is 6.04 Å². The van der Waals surface area contributed by atoms with E-state index in [1.54, 1.807) is 28.5 Å². The van der Waals surface area contributed by atoms with Gasteiger partial charge in [0.2, 0.25) is 5.91 Å². The molecule has 0 saturated heterocycles. The lowest BCUT2D eigenvalue weighted by molar-refractivity contribution is -0.145. The van der Waals surface area contributed by atoms with Gasteiger partial charge in [-0.15, -0.1) is 0 Å². The second-order valence-corrected chi connectivity index (χ2v) is 9.36. The summed E-state index contributed by atoms with van der Waals surface area (Å²) in [5, 5.41) is 30.9. The Morgan fingerprint density at radius 1 is 0.714 bits per heavy atom. The van der Waals surface area contributed by atoms with Crippen molar-refractivity contribution in [3.05, 3.63) is 0 Å². The molecule has 1 atom stereocenters. The smallest absolute Gasteiger partial charge is 0.320 e. The van der Waals surface area contributed by atoms with Gasteiger partial charge in [0.05, 0.1) is 58.4 Å². The molecule has 0 aliphatic rings. The van der Waals surface area contributed by atoms with Crippen molar-refractivity contribution in [1.82, 2.24) is 20.0 Å². The molecular formula is C26H47BN4O11. The molecule has 0 saturated carbocycles. The molecule has 0 aromatic carbocycles. The maximum atomic E-state index is 12.4. The molecule has 0 heterocycles. The number of carbonyl (C=O) groups is 5. The first-order valence-corrected chi connectivity index (χ1v) is 14.1. The third-order valence-corrected chi connectivity index (χ3v) is 6.20. The van der Waals surface area contributed by atoms with E-state index < -0.39 is 29.6 Å². The van der Waals surface area contributed by atoms with Crippen molar-refractivity contribution >= 4 is 37.3 Å². The van der Waals surface area contributed by atoms with Crippen molar-refractivity contribution in [1.29, 1.82) is 0 Å². The molecule has 0 aliphatic carbocycles. The Morgan fingerprint density at radius 2 is 1.19 bits per heavy atom. The van der Waals surface area contributed by atoms with Crippen molar-refractivity contribution in [2.24, 2.45) is 0 Å². The quantitative estimate of drug-likeness (QED) is 0.0576. The predicted octanol–water partition coefficient (Wildman–Crippen LogP) is -1.41. The SMILES string of the molecule is [B]C(=O)CCOCCOCCOCCNC(=O)CCC(C(=O)O)N(CCN(CC)CC(=O)O)CCN(CC)CC(=O)O. The maximum Gasteiger partial charge on any atom is 0.320 e. The van der Waals surface area contributed by atoms with Gasteiger partial charge in [-0.05, 0) is 19.5 Å². The first-order chi connectivity index (χ1) is 20.0. The molecule has 0 rings (SSSR count). The van der Waals surface area contributed by atoms with Gasteiger partial charge < -0.3 is 39.6 Å². The number of likely N-dealkylation sites (N-methyl/N-ethyl adjacent to an activating group) is 2. The molecule has 2 radical (unpaired) electrons. The van der Waals surface area contributed by atoms with E-state index >= 15 is 0 Å². The first-order valence-electron chi connectivity index (χ1n) is 14.1. The summed E-state index contributed by atoms with van der Waals surface area (Å²) in [6, 6.07) is -1.02. The number of nitrogens with one attached hydrogen (secondary N) is 1. The van der Waals surface area contributed by atoms with Crippen LogP contribution in [0.25, 0.3) is 0 Å². The largest absolute Gasteiger partial charge is 0.480 e. The Labute approximate surface area is 248 Å². The molecule has 240 valence electrons. The molecule has 0 aliphatic heterocycles. The summed E-state index contributed by atoms with van der Waals surface area (Å²) in [6.45, 7) is 7.25. The second kappa shape index (κ2) is 24.9. The molecule has 1 amide bonds. The van der Waals surface area contributed by atoms with E-state index in [-0.39, 0.29) is 71.1 Å². The van der Waals surface area contributed by atoms with Crippen LogP contribution < -0.4 is 5.32 Å². The number of amides is 1. The zero-order valence-electron chi connectivity index (χ0n) is 24.8. The molecule has 1 unspecified atom stereocenters. The van der Waals surface area contributed by atoms with Gasteiger partial charge >= 0.3 is 17.9 Å². The van der Waals surface area contributed by atoms with Crippen molar-refractivity contribution in [3.8, 4) is 0 Å². The van der Waals surface area contributed by atoms with Crippen molar-refractivity contribution in [3.63, 3.8) is 0 Å². The maximum absolute atomic E-state index is 12.4. The van der Waals surface area contributed by atoms with Crippen LogP contribution >= 0.6 is 0 Å². The van der Waals surface area contributed by atoms with Crippen LogP contribution in [0, 0.1) is 0 Å². The van der Waals surface area contributed by atoms with Crippen LogP contribution in [0.5, 0.6) is 0 Å². The highest BCUT2D eigenvalue weighted by molar-refractivity contribution is 6.57. The molecule has 16 heteroatoms. The highest BCUT2D eigenvalue weighted by Gasteiger charge is 2.27. The molecule has 4 N–H and O–H groups in total. The molecule has 0 spiro atoms. The van der Waals surface area contributed by atoms with Gasteiger partial charge in [-0.2, -0.15) is 0 Å². The van der Waals surface area contributed by atoms with E-state index in [4.69, 9.17) is 32.3 Å². The Morgan fingerprint density at radius 3 is 1.62 bits per heavy atom. The monoisotopic (exact) mass is 602 g/mol. The van der Waals surface area contributed by atoms with Crippen LogP contribution in [-0.4, -0.2) is 172 Å². The molecular weight excluding hydrogens is 555 g/mol. The van der Waals surface area contributed by atoms with E-state index in [0.717, 1.165) is 0 Å². The Balaban J connectivity index is 4.66. The molecule has 0 bridgehead atoms. The summed E-state index contributed by atoms with van der Waals surface area (Å²) in [6.07, 6.45) is 0.127. The summed E-state index contributed by atoms with van der Waals surface area (Å²) in [7, 11) is 5.01. The van der Waals surface area contributed by atoms with Crippen LogP contribution in [0.15, 0.2) is 0 Å². The van der Waals surface area contributed by atoms with Gasteiger partial charge in [0.15, 0.2) is 7.85 Å². The minimum Gasteiger partial charge on any atom is -0.480 e. The summed E-state index contributed by atoms with van der Waals surface area (Å²) < 4.78 is 15.9. The molecule has 0 aromatic rings. The highest BCUT2D eigenvalue weighted by Crippen LogP contribution is 2.10. The van der Waals surface area contributed by atoms with Crippen molar-refractivity contribution in [2.75, 3.05) is 98.5 Å². The van der Waals surface area contributed by atoms with E-state index in [1.807, 2.05) is 0 Å². The normalized spacial score (nSPS) is 12.1. The fourth-order valence-corrected chi connectivity index (χ4v) is 3.84. The fraction of sp³-hybridized carbons (Fsp3) is 0.808. The van der Waals surface area contributed by atoms with Crippen LogP contribution in [0.1, 0.15) is 33.1 Å². The Kier molecular flexibility index (Phi) is 23.4. The number of nitrogens with zero attached hydrogens (tertiary/aromatic N) is 3. The zero-order valence-corrected chi connectivity index (χ0v) is 24.8. The number of rotatable bonds is 29. The fourth-order valence-electron chi connectivity index (χ4n) is 3.84. The number of hydrogen-bond acceptors (Lipinski definition) is 11. The summed E-state index contributed by atoms with van der Waals surface area (Å²) in [5.41, 5.74) is -0.429. The molecule has 15 nitrogen and oxygen atoms in total. The van der Waals surface area contributed by atoms with Gasteiger partial charge in [-0.3, -0.25) is 33.9 Å². The average molecular weight is 602 g/mol. The third kappa shape index (κ3) is 22.0. The van der Waals surface area contributed by atoms with Crippen LogP contribution in [-0.2, 0) is 38.2 Å². The molecule has 0 aromatic heterocycles. The van der Waals surface area contributed by atoms with Crippen molar-refractivity contribution in [2.45, 2.75) is 39.2 Å². The molecule has 42 heavy (non-hydrogen) atoms. The molecule has 0 fully saturated rings. The lowest BCUT2D eigenvalue weighted by Gasteiger charge is -2.32. The number of hydrogen-bond donors (Lipinski definition) is 4. The number of ether oxygens (including phenoxy) is 3. The number of carboxylic acid groups (broad SMARTS) is 3. The average Bonchev–Trinajstić information content (AvgIpc) is 2.92. The zero-order chi connectivity index (χ0) is 31.8. The van der Waals surface area contributed by atoms with E-state index in [2.05, 4.69) is 5.32 Å². The lowest BCUT2D eigenvalue weighted by Crippen LogP contribution is -2.49. The predicted molar refractivity (Wildman–Crippen MR) is 153 cm³/mol. The highest BCUT2D eigenvalue weighted by atomic mass is 16.5. The minimum absolute atomic E-state index is 0.0213. The van der Waals surface area contributed by atoms with Crippen LogP contribution in [0.4, 0.5) is 0 Å². The Bertz CT molecular complexity index is 778. The van der Waals surface area contributed by atoms with Gasteiger partial charge in [-0.25, -0.2) is 0 Å². The summed E-state index contributed by atoms with van der Waals surface area (Å²) >= 11 is 0. The summed E-state index contributed by atoms with van der Waals surface area (Å²) in [4.78, 5) is 62.4. The van der Waals surface area contributed by atoms with E-state index in [1.165, 1.54) is 0 Å². The third-order valence-electron chi connectivity index (χ3n) is 6.20. The lowest BCUT2D eigenvalue weighted by atomic mass is 10.0. The topological polar surface area (TPSA) is 195 Å². The van der Waals surface area contributed by atoms with Gasteiger partial charge in [0, 0.05) is 45.6 Å². The standard InChI is InChI=1S/C26H47BN4O11/c1-3-29(19-24(34)35)9-11-31(12-10-30(4-2)20-25(36)37)21(26(38)39)5-6-23(33)28-8-14-41-16-18-42-17-15-40-13-7-22(27)32/h21H,3-20H2,1-2H3,(H,28,33)(H,34,35)(H,36,37)(H,38,39). The van der Waals surface area contributed by atoms with Crippen LogP contribution in [0.3, 0.4) is 0 Å². The number of aliphatic carboxylic acids is 3. The first kappa shape index (κ1) is 39.4. The minimum atomic E-state index is -1.12. The van der Waals surface area contributed by atoms with Crippen molar-refractivity contribution < 1.29 is 53.5 Å². The Hall–Kier alpha value is -2.63. The van der Waals surface area contributed by atoms with Gasteiger partial charge in [0.25, 0.3) is 0 Å². The van der Waals surface area contributed by atoms with Crippen LogP contribution in [0.2, 0.25) is 0 Å². The number of carboxylic acids is 3. The summed E-state index contributed by atoms with van der Waals surface area (Å²) in [5.74, 6) is -3.44. The van der Waals surface area contributed by atoms with E-state index in [9.17, 15) is 29.1 Å². The van der Waals surface area contributed by atoms with E-state index in [0.29, 0.717) is 52.6 Å². The number of carbonyl (C=O) groups excluding carboxylic acids is 2. The second-order valence-electron chi connectivity index (χ2n) is 9.36. The van der Waals surface area contributed by atoms with Gasteiger partial charge in [-0.1, -0.05) is 13.8 Å².